The van der Waals surface area contributed by atoms with E-state index >= 15 is 0 Å². The van der Waals surface area contributed by atoms with Crippen LogP contribution in [0.25, 0.3) is 43.1 Å². The van der Waals surface area contributed by atoms with E-state index in [4.69, 9.17) is 4.42 Å². The van der Waals surface area contributed by atoms with Crippen LogP contribution in [-0.2, 0) is 0 Å². The van der Waals surface area contributed by atoms with Crippen molar-refractivity contribution in [1.29, 1.82) is 0 Å². The molecule has 3 nitrogen and oxygen atoms in total. The van der Waals surface area contributed by atoms with Gasteiger partial charge in [-0.05, 0) is 29.1 Å². The lowest BCUT2D eigenvalue weighted by molar-refractivity contribution is 0.563. The second-order valence-electron chi connectivity index (χ2n) is 6.84. The zero-order valence-corrected chi connectivity index (χ0v) is 16.8. The van der Waals surface area contributed by atoms with Gasteiger partial charge >= 0.3 is 5.63 Å². The number of hydrogen-bond acceptors (Lipinski definition) is 4. The van der Waals surface area contributed by atoms with Gasteiger partial charge in [-0.2, -0.15) is 0 Å². The summed E-state index contributed by atoms with van der Waals surface area (Å²) >= 11 is 1.69. The highest BCUT2D eigenvalue weighted by atomic mass is 32.1. The molecule has 0 amide bonds. The molecule has 0 unspecified atom stereocenters. The Morgan fingerprint density at radius 2 is 1.47 bits per heavy atom. The lowest BCUT2D eigenvalue weighted by Crippen LogP contribution is -2.02. The molecule has 0 aliphatic rings. The molecule has 4 aromatic carbocycles. The molecule has 0 aliphatic heterocycles. The van der Waals surface area contributed by atoms with E-state index in [9.17, 15) is 4.79 Å². The minimum Gasteiger partial charge on any atom is -0.422 e. The third kappa shape index (κ3) is 3.49. The Labute approximate surface area is 176 Å². The van der Waals surface area contributed by atoms with Gasteiger partial charge in [0.1, 0.15) is 5.58 Å². The van der Waals surface area contributed by atoms with E-state index in [1.54, 1.807) is 17.4 Å². The van der Waals surface area contributed by atoms with Crippen molar-refractivity contribution in [1.82, 2.24) is 4.98 Å². The maximum atomic E-state index is 11.9. The molecule has 0 N–H and O–H groups in total. The van der Waals surface area contributed by atoms with Crippen molar-refractivity contribution in [2.75, 3.05) is 0 Å². The molecular formula is C26H17NO2S. The largest absolute Gasteiger partial charge is 0.422 e. The molecule has 0 fully saturated rings. The van der Waals surface area contributed by atoms with Crippen LogP contribution < -0.4 is 5.63 Å². The number of para-hydroxylation sites is 1. The molecule has 6 aromatic rings. The van der Waals surface area contributed by atoms with Gasteiger partial charge in [-0.25, -0.2) is 9.78 Å². The predicted octanol–water partition coefficient (Wildman–Crippen LogP) is 6.91. The second-order valence-corrected chi connectivity index (χ2v) is 7.72. The molecule has 6 rings (SSSR count). The van der Waals surface area contributed by atoms with Crippen molar-refractivity contribution in [3.63, 3.8) is 0 Å². The summed E-state index contributed by atoms with van der Waals surface area (Å²) in [6, 6.07) is 31.6. The first-order chi connectivity index (χ1) is 14.8. The lowest BCUT2D eigenvalue weighted by atomic mass is 10.1. The lowest BCUT2D eigenvalue weighted by Gasteiger charge is -2.01. The van der Waals surface area contributed by atoms with Crippen LogP contribution in [0.2, 0.25) is 0 Å². The Morgan fingerprint density at radius 3 is 2.33 bits per heavy atom. The van der Waals surface area contributed by atoms with E-state index in [0.29, 0.717) is 11.1 Å². The van der Waals surface area contributed by atoms with E-state index in [1.165, 1.54) is 15.5 Å². The van der Waals surface area contributed by atoms with Crippen LogP contribution in [0.15, 0.2) is 112 Å². The van der Waals surface area contributed by atoms with E-state index < -0.39 is 0 Å². The summed E-state index contributed by atoms with van der Waals surface area (Å²) in [5, 5.41) is 3.45. The van der Waals surface area contributed by atoms with Crippen molar-refractivity contribution in [3.05, 3.63) is 113 Å². The summed E-state index contributed by atoms with van der Waals surface area (Å²) in [5.41, 5.74) is 4.84. The third-order valence-corrected chi connectivity index (χ3v) is 5.75. The molecule has 2 aromatic heterocycles. The summed E-state index contributed by atoms with van der Waals surface area (Å²) in [4.78, 5) is 16.2. The summed E-state index contributed by atoms with van der Waals surface area (Å²) in [6.45, 7) is 0. The fourth-order valence-electron chi connectivity index (χ4n) is 3.48. The van der Waals surface area contributed by atoms with Crippen LogP contribution in [0.3, 0.4) is 0 Å². The van der Waals surface area contributed by atoms with E-state index in [-0.39, 0.29) is 5.63 Å². The van der Waals surface area contributed by atoms with Crippen LogP contribution in [0.5, 0.6) is 0 Å². The van der Waals surface area contributed by atoms with Crippen LogP contribution in [0, 0.1) is 0 Å². The number of nitrogens with zero attached hydrogens (tertiary/aromatic N) is 1. The Morgan fingerprint density at radius 1 is 0.733 bits per heavy atom. The van der Waals surface area contributed by atoms with Crippen molar-refractivity contribution >= 4 is 43.3 Å². The maximum Gasteiger partial charge on any atom is 0.344 e. The zero-order valence-electron chi connectivity index (χ0n) is 16.0. The van der Waals surface area contributed by atoms with Gasteiger partial charge in [-0.1, -0.05) is 78.9 Å². The first-order valence-corrected chi connectivity index (χ1v) is 10.5. The Hall–Kier alpha value is -3.76. The first kappa shape index (κ1) is 18.3. The fourth-order valence-corrected chi connectivity index (χ4v) is 4.17. The third-order valence-electron chi connectivity index (χ3n) is 4.95. The quantitative estimate of drug-likeness (QED) is 0.278. The summed E-state index contributed by atoms with van der Waals surface area (Å²) in [5.74, 6) is 0. The summed E-state index contributed by atoms with van der Waals surface area (Å²) in [7, 11) is 0. The van der Waals surface area contributed by atoms with Gasteiger partial charge in [0.2, 0.25) is 0 Å². The van der Waals surface area contributed by atoms with Crippen molar-refractivity contribution < 1.29 is 4.42 Å². The van der Waals surface area contributed by atoms with E-state index in [2.05, 4.69) is 41.4 Å². The molecule has 0 atom stereocenters. The average Bonchev–Trinajstić information content (AvgIpc) is 3.29. The van der Waals surface area contributed by atoms with Crippen LogP contribution in [-0.4, -0.2) is 4.98 Å². The van der Waals surface area contributed by atoms with Gasteiger partial charge in [-0.3, -0.25) is 0 Å². The molecule has 2 heterocycles. The van der Waals surface area contributed by atoms with Crippen molar-refractivity contribution in [3.8, 4) is 11.1 Å². The highest BCUT2D eigenvalue weighted by Gasteiger charge is 2.06. The monoisotopic (exact) mass is 407 g/mol. The van der Waals surface area contributed by atoms with Gasteiger partial charge < -0.3 is 4.42 Å². The fraction of sp³-hybridized carbons (Fsp3) is 0. The molecule has 0 aliphatic carbocycles. The first-order valence-electron chi connectivity index (χ1n) is 9.59. The molecule has 0 spiro atoms. The van der Waals surface area contributed by atoms with Crippen molar-refractivity contribution in [2.45, 2.75) is 0 Å². The standard InChI is InChI=1S/C15H10O2.C11H7NS/c16-15-13(11-6-2-1-3-7-11)10-12-8-4-5-9-14(12)17-15;1-2-4-9-8(3-1)5-6-10-11(9)12-7-13-10/h1-10H;1-7H. The topological polar surface area (TPSA) is 43.1 Å². The predicted molar refractivity (Wildman–Crippen MR) is 125 cm³/mol. The SMILES string of the molecule is O=c1oc2ccccc2cc1-c1ccccc1.c1ccc2c(c1)ccc1scnc12. The van der Waals surface area contributed by atoms with Crippen LogP contribution in [0.1, 0.15) is 0 Å². The normalized spacial score (nSPS) is 10.8. The van der Waals surface area contributed by atoms with Crippen LogP contribution >= 0.6 is 11.3 Å². The van der Waals surface area contributed by atoms with E-state index in [0.717, 1.165) is 16.5 Å². The molecule has 144 valence electrons. The summed E-state index contributed by atoms with van der Waals surface area (Å²) in [6.07, 6.45) is 0. The molecule has 30 heavy (non-hydrogen) atoms. The van der Waals surface area contributed by atoms with Gasteiger partial charge in [0.15, 0.2) is 0 Å². The molecule has 4 heteroatoms. The van der Waals surface area contributed by atoms with Gasteiger partial charge in [0.05, 0.1) is 21.3 Å². The minimum absolute atomic E-state index is 0.296. The van der Waals surface area contributed by atoms with Crippen molar-refractivity contribution in [2.24, 2.45) is 0 Å². The molecular weight excluding hydrogens is 390 g/mol. The molecule has 0 saturated carbocycles. The number of fused-ring (bicyclic) bond motifs is 4. The Bertz CT molecular complexity index is 1520. The molecule has 0 radical (unpaired) electrons. The van der Waals surface area contributed by atoms with Gasteiger partial charge in [0.25, 0.3) is 0 Å². The number of hydrogen-bond donors (Lipinski definition) is 0. The van der Waals surface area contributed by atoms with Crippen LogP contribution in [0.4, 0.5) is 0 Å². The molecule has 0 bridgehead atoms. The highest BCUT2D eigenvalue weighted by molar-refractivity contribution is 7.16. The highest BCUT2D eigenvalue weighted by Crippen LogP contribution is 2.26. The minimum atomic E-state index is -0.296. The van der Waals surface area contributed by atoms with E-state index in [1.807, 2.05) is 60.1 Å². The second kappa shape index (κ2) is 7.93. The average molecular weight is 407 g/mol. The number of rotatable bonds is 1. The number of benzene rings is 4. The smallest absolute Gasteiger partial charge is 0.344 e. The summed E-state index contributed by atoms with van der Waals surface area (Å²) < 4.78 is 6.55. The number of aromatic nitrogens is 1. The molecule has 0 saturated heterocycles. The number of thiazole rings is 1. The maximum absolute atomic E-state index is 11.9. The van der Waals surface area contributed by atoms with Gasteiger partial charge in [-0.15, -0.1) is 11.3 Å². The Balaban J connectivity index is 0.000000133. The Kier molecular flexibility index (Phi) is 4.83. The zero-order chi connectivity index (χ0) is 20.3. The van der Waals surface area contributed by atoms with Gasteiger partial charge in [0, 0.05) is 10.8 Å².